The fraction of sp³-hybridized carbons (Fsp3) is 0.0476. The Morgan fingerprint density at radius 2 is 0.717 bits per heavy atom. The van der Waals surface area contributed by atoms with Gasteiger partial charge in [-0.1, -0.05) is 109 Å². The zero-order valence-corrected chi connectivity index (χ0v) is 24.7. The second-order valence-corrected chi connectivity index (χ2v) is 12.2. The van der Waals surface area contributed by atoms with E-state index in [0.717, 1.165) is 76.1 Å². The van der Waals surface area contributed by atoms with Gasteiger partial charge in [-0.3, -0.25) is 9.59 Å². The standard InChI is InChI=1S/C42H26O4/c43-37(44)21-29-20-36(32-16-12-28-10-8-24-4-2-6-26-14-18-34(32)42(28)40(24)26)30(22-38(45)46)19-35(29)31-15-11-27-9-7-23-3-1-5-25-13-17-33(31)41(27)39(23)25/h1-20H,21-22H2,(H,43,44)(H,45,46). The average molecular weight is 595 g/mol. The van der Waals surface area contributed by atoms with Gasteiger partial charge in [-0.15, -0.1) is 0 Å². The molecule has 0 aliphatic heterocycles. The fourth-order valence-electron chi connectivity index (χ4n) is 7.75. The molecule has 0 atom stereocenters. The smallest absolute Gasteiger partial charge is 0.307 e. The molecule has 0 fully saturated rings. The van der Waals surface area contributed by atoms with E-state index in [1.807, 2.05) is 24.3 Å². The van der Waals surface area contributed by atoms with Crippen LogP contribution in [0.2, 0.25) is 0 Å². The van der Waals surface area contributed by atoms with Crippen molar-refractivity contribution in [2.24, 2.45) is 0 Å². The van der Waals surface area contributed by atoms with Crippen LogP contribution in [0.25, 0.3) is 86.9 Å². The molecular weight excluding hydrogens is 568 g/mol. The van der Waals surface area contributed by atoms with E-state index in [-0.39, 0.29) is 12.8 Å². The molecule has 0 aromatic heterocycles. The highest BCUT2D eigenvalue weighted by Gasteiger charge is 2.21. The molecule has 0 saturated heterocycles. The van der Waals surface area contributed by atoms with Gasteiger partial charge in [0.1, 0.15) is 0 Å². The number of benzene rings is 9. The molecule has 0 spiro atoms. The van der Waals surface area contributed by atoms with Crippen molar-refractivity contribution in [3.8, 4) is 22.3 Å². The summed E-state index contributed by atoms with van der Waals surface area (Å²) < 4.78 is 0. The predicted molar refractivity (Wildman–Crippen MR) is 187 cm³/mol. The van der Waals surface area contributed by atoms with E-state index in [4.69, 9.17) is 0 Å². The Morgan fingerprint density at radius 3 is 1.09 bits per heavy atom. The molecule has 0 radical (unpaired) electrons. The van der Waals surface area contributed by atoms with Gasteiger partial charge in [0.2, 0.25) is 0 Å². The van der Waals surface area contributed by atoms with Crippen LogP contribution in [-0.2, 0) is 22.4 Å². The SMILES string of the molecule is O=C(O)Cc1cc(-c2ccc3ccc4cccc5ccc2c3c45)c(CC(=O)O)cc1-c1ccc2ccc3cccc4ccc1c2c34. The minimum atomic E-state index is -0.939. The van der Waals surface area contributed by atoms with Crippen LogP contribution in [0.15, 0.2) is 121 Å². The third-order valence-electron chi connectivity index (χ3n) is 9.65. The number of rotatable bonds is 6. The Balaban J connectivity index is 1.35. The van der Waals surface area contributed by atoms with Crippen molar-refractivity contribution in [1.82, 2.24) is 0 Å². The zero-order chi connectivity index (χ0) is 31.1. The summed E-state index contributed by atoms with van der Waals surface area (Å²) in [6.07, 6.45) is -0.382. The quantitative estimate of drug-likeness (QED) is 0.188. The molecule has 2 N–H and O–H groups in total. The van der Waals surface area contributed by atoms with Crippen LogP contribution in [-0.4, -0.2) is 22.2 Å². The van der Waals surface area contributed by atoms with E-state index in [1.165, 1.54) is 10.8 Å². The van der Waals surface area contributed by atoms with Crippen molar-refractivity contribution < 1.29 is 19.8 Å². The first-order valence-corrected chi connectivity index (χ1v) is 15.4. The second kappa shape index (κ2) is 9.75. The highest BCUT2D eigenvalue weighted by Crippen LogP contribution is 2.44. The Morgan fingerprint density at radius 1 is 0.391 bits per heavy atom. The summed E-state index contributed by atoms with van der Waals surface area (Å²) in [4.78, 5) is 24.7. The molecule has 46 heavy (non-hydrogen) atoms. The number of hydrogen-bond donors (Lipinski definition) is 2. The molecule has 4 heteroatoms. The van der Waals surface area contributed by atoms with Gasteiger partial charge in [0.05, 0.1) is 12.8 Å². The van der Waals surface area contributed by atoms with Gasteiger partial charge in [-0.2, -0.15) is 0 Å². The highest BCUT2D eigenvalue weighted by molar-refractivity contribution is 6.27. The van der Waals surface area contributed by atoms with Crippen molar-refractivity contribution in [3.63, 3.8) is 0 Å². The maximum Gasteiger partial charge on any atom is 0.307 e. The zero-order valence-electron chi connectivity index (χ0n) is 24.7. The van der Waals surface area contributed by atoms with Gasteiger partial charge in [0, 0.05) is 0 Å². The van der Waals surface area contributed by atoms with Gasteiger partial charge in [-0.25, -0.2) is 0 Å². The van der Waals surface area contributed by atoms with Crippen LogP contribution >= 0.6 is 0 Å². The molecule has 9 aromatic rings. The van der Waals surface area contributed by atoms with E-state index in [2.05, 4.69) is 97.1 Å². The molecule has 0 unspecified atom stereocenters. The lowest BCUT2D eigenvalue weighted by atomic mass is 9.83. The molecule has 9 aromatic carbocycles. The molecule has 0 amide bonds. The van der Waals surface area contributed by atoms with Crippen LogP contribution in [0.4, 0.5) is 0 Å². The van der Waals surface area contributed by atoms with E-state index < -0.39 is 11.9 Å². The molecular formula is C42H26O4. The average Bonchev–Trinajstić information content (AvgIpc) is 3.06. The lowest BCUT2D eigenvalue weighted by Gasteiger charge is -2.20. The topological polar surface area (TPSA) is 74.6 Å². The van der Waals surface area contributed by atoms with Crippen LogP contribution in [0.1, 0.15) is 11.1 Å². The summed E-state index contributed by atoms with van der Waals surface area (Å²) in [6.45, 7) is 0. The Labute approximate surface area is 263 Å². The Hall–Kier alpha value is -6.00. The monoisotopic (exact) mass is 594 g/mol. The van der Waals surface area contributed by atoms with Crippen molar-refractivity contribution in [2.75, 3.05) is 0 Å². The van der Waals surface area contributed by atoms with Gasteiger partial charge < -0.3 is 10.2 Å². The Kier molecular flexibility index (Phi) is 5.60. The van der Waals surface area contributed by atoms with Crippen LogP contribution in [0.5, 0.6) is 0 Å². The molecule has 218 valence electrons. The summed E-state index contributed by atoms with van der Waals surface area (Å²) in [5.41, 5.74) is 4.59. The normalized spacial score (nSPS) is 12.0. The van der Waals surface area contributed by atoms with Crippen molar-refractivity contribution in [3.05, 3.63) is 132 Å². The lowest BCUT2D eigenvalue weighted by molar-refractivity contribution is -0.137. The molecule has 0 saturated carbocycles. The third kappa shape index (κ3) is 3.87. The summed E-state index contributed by atoms with van der Waals surface area (Å²) in [5, 5.41) is 33.7. The van der Waals surface area contributed by atoms with Crippen LogP contribution < -0.4 is 0 Å². The largest absolute Gasteiger partial charge is 0.481 e. The number of carbonyl (C=O) groups is 2. The van der Waals surface area contributed by atoms with Crippen molar-refractivity contribution in [2.45, 2.75) is 12.8 Å². The fourth-order valence-corrected chi connectivity index (χ4v) is 7.75. The van der Waals surface area contributed by atoms with Gasteiger partial charge >= 0.3 is 11.9 Å². The summed E-state index contributed by atoms with van der Waals surface area (Å²) in [7, 11) is 0. The van der Waals surface area contributed by atoms with E-state index >= 15 is 0 Å². The van der Waals surface area contributed by atoms with Crippen LogP contribution in [0, 0.1) is 0 Å². The molecule has 9 rings (SSSR count). The number of carboxylic acids is 2. The first kappa shape index (κ1) is 26.4. The van der Waals surface area contributed by atoms with E-state index in [1.54, 1.807) is 0 Å². The maximum atomic E-state index is 12.3. The van der Waals surface area contributed by atoms with Crippen molar-refractivity contribution in [1.29, 1.82) is 0 Å². The van der Waals surface area contributed by atoms with Crippen molar-refractivity contribution >= 4 is 76.6 Å². The van der Waals surface area contributed by atoms with Gasteiger partial charge in [0.15, 0.2) is 0 Å². The third-order valence-corrected chi connectivity index (χ3v) is 9.65. The minimum Gasteiger partial charge on any atom is -0.481 e. The molecule has 4 nitrogen and oxygen atoms in total. The number of hydrogen-bond acceptors (Lipinski definition) is 2. The van der Waals surface area contributed by atoms with Gasteiger partial charge in [0.25, 0.3) is 0 Å². The highest BCUT2D eigenvalue weighted by atomic mass is 16.4. The minimum absolute atomic E-state index is 0.191. The second-order valence-electron chi connectivity index (χ2n) is 12.2. The molecule has 0 bridgehead atoms. The lowest BCUT2D eigenvalue weighted by Crippen LogP contribution is -2.07. The maximum absolute atomic E-state index is 12.3. The van der Waals surface area contributed by atoms with Crippen LogP contribution in [0.3, 0.4) is 0 Å². The summed E-state index contributed by atoms with van der Waals surface area (Å²) in [6, 6.07) is 41.6. The predicted octanol–water partition coefficient (Wildman–Crippen LogP) is 10.1. The Bertz CT molecular complexity index is 2480. The first-order valence-electron chi connectivity index (χ1n) is 15.4. The van der Waals surface area contributed by atoms with E-state index in [0.29, 0.717) is 11.1 Å². The van der Waals surface area contributed by atoms with E-state index in [9.17, 15) is 19.8 Å². The summed E-state index contributed by atoms with van der Waals surface area (Å²) >= 11 is 0. The number of aliphatic carboxylic acids is 2. The number of carboxylic acid groups (broad SMARTS) is 2. The van der Waals surface area contributed by atoms with Gasteiger partial charge in [-0.05, 0) is 110 Å². The molecule has 0 aliphatic rings. The molecule has 0 heterocycles. The summed E-state index contributed by atoms with van der Waals surface area (Å²) in [5.74, 6) is -1.88. The molecule has 0 aliphatic carbocycles. The first-order chi connectivity index (χ1) is 22.4.